The molecular formula is H13N2O5P. The van der Waals surface area contributed by atoms with Crippen LogP contribution in [0.15, 0.2) is 0 Å². The Labute approximate surface area is 47.7 Å². The highest BCUT2D eigenvalue weighted by Crippen LogP contribution is 2.11. The molecule has 58 valence electrons. The molecule has 8 heteroatoms. The Bertz CT molecular complexity index is 15.1. The third-order valence-electron chi connectivity index (χ3n) is 0. The van der Waals surface area contributed by atoms with E-state index in [0.29, 0.717) is 0 Å². The smallest absolute Gasteiger partial charge is 0.324 e. The van der Waals surface area contributed by atoms with Gasteiger partial charge in [-0.05, 0) is 0 Å². The molecule has 0 fully saturated rings. The van der Waals surface area contributed by atoms with Crippen molar-refractivity contribution in [2.75, 3.05) is 0 Å². The van der Waals surface area contributed by atoms with Crippen molar-refractivity contribution in [2.45, 2.75) is 0 Å². The molecule has 0 aromatic rings. The molecule has 7 nitrogen and oxygen atoms in total. The molecule has 0 saturated heterocycles. The Morgan fingerprint density at radius 3 is 0.750 bits per heavy atom. The summed E-state index contributed by atoms with van der Waals surface area (Å²) in [5.74, 6) is 0. The minimum atomic E-state index is -2.62. The quantitative estimate of drug-likeness (QED) is 0.246. The van der Waals surface area contributed by atoms with Gasteiger partial charge in [0.25, 0.3) is 0 Å². The molecule has 0 saturated carbocycles. The van der Waals surface area contributed by atoms with Crippen molar-refractivity contribution in [1.29, 1.82) is 0 Å². The summed E-state index contributed by atoms with van der Waals surface area (Å²) in [5, 5.41) is 0. The molecule has 0 aromatic heterocycles. The molecular weight excluding hydrogens is 139 g/mol. The van der Waals surface area contributed by atoms with E-state index in [0.717, 1.165) is 0 Å². The molecule has 0 aliphatic carbocycles. The van der Waals surface area contributed by atoms with Crippen LogP contribution in [0.25, 0.3) is 0 Å². The third-order valence-corrected chi connectivity index (χ3v) is 0. The molecule has 0 bridgehead atoms. The summed E-state index contributed by atoms with van der Waals surface area (Å²) in [4.78, 5) is 21.7. The van der Waals surface area contributed by atoms with Crippen LogP contribution in [-0.4, -0.2) is 25.6 Å². The summed E-state index contributed by atoms with van der Waals surface area (Å²) in [6.45, 7) is 0. The Kier molecular flexibility index (Phi) is 143. The maximum Gasteiger partial charge on any atom is 0.324 e. The van der Waals surface area contributed by atoms with E-state index in [1.54, 1.807) is 0 Å². The van der Waals surface area contributed by atoms with Gasteiger partial charge in [-0.2, -0.15) is 0 Å². The molecule has 0 heterocycles. The molecule has 0 aliphatic rings. The highest BCUT2D eigenvalue weighted by atomic mass is 31.2. The fourth-order valence-corrected chi connectivity index (χ4v) is 0. The molecule has 0 atom stereocenters. The van der Waals surface area contributed by atoms with Crippen LogP contribution in [0.2, 0.25) is 0 Å². The fraction of sp³-hybridized carbons (Fsp3) is 0. The maximum absolute atomic E-state index is 7.23. The highest BCUT2D eigenvalue weighted by molar-refractivity contribution is 7.38. The van der Waals surface area contributed by atoms with E-state index in [9.17, 15) is 0 Å². The van der Waals surface area contributed by atoms with E-state index in [2.05, 4.69) is 0 Å². The fourth-order valence-electron chi connectivity index (χ4n) is 0. The Morgan fingerprint density at radius 2 is 0.750 bits per heavy atom. The predicted molar refractivity (Wildman–Crippen MR) is 30.8 cm³/mol. The van der Waals surface area contributed by atoms with Crippen molar-refractivity contribution in [3.63, 3.8) is 0 Å². The van der Waals surface area contributed by atoms with Crippen LogP contribution in [0.1, 0.15) is 0 Å². The van der Waals surface area contributed by atoms with E-state index in [4.69, 9.17) is 14.7 Å². The summed E-state index contributed by atoms with van der Waals surface area (Å²) in [7, 11) is -2.62. The Hall–Kier alpha value is 0.150. The van der Waals surface area contributed by atoms with E-state index < -0.39 is 8.60 Å². The second kappa shape index (κ2) is 27.3. The number of rotatable bonds is 0. The van der Waals surface area contributed by atoms with Gasteiger partial charge in [0.15, 0.2) is 0 Å². The lowest BCUT2D eigenvalue weighted by Gasteiger charge is -1.76. The van der Waals surface area contributed by atoms with Crippen LogP contribution in [0.5, 0.6) is 0 Å². The van der Waals surface area contributed by atoms with Gasteiger partial charge in [-0.3, -0.25) is 0 Å². The van der Waals surface area contributed by atoms with Gasteiger partial charge < -0.3 is 37.9 Å². The second-order valence-corrected chi connectivity index (χ2v) is 0.805. The zero-order valence-electron chi connectivity index (χ0n) is 4.20. The van der Waals surface area contributed by atoms with Crippen LogP contribution in [-0.2, 0) is 0 Å². The van der Waals surface area contributed by atoms with Crippen LogP contribution in [0.4, 0.5) is 0 Å². The first-order chi connectivity index (χ1) is 1.73. The monoisotopic (exact) mass is 152 g/mol. The molecule has 0 unspecified atom stereocenters. The standard InChI is InChI=1S/2H3N.H3O3P.2H2O/c;;1-4(2)3;;/h2*1H3;1-3H;2*1H2. The lowest BCUT2D eigenvalue weighted by molar-refractivity contribution is 0.368. The topological polar surface area (TPSA) is 194 Å². The van der Waals surface area contributed by atoms with Crippen molar-refractivity contribution in [1.82, 2.24) is 12.3 Å². The number of hydrogen-bond donors (Lipinski definition) is 5. The van der Waals surface area contributed by atoms with E-state index >= 15 is 0 Å². The van der Waals surface area contributed by atoms with Gasteiger partial charge in [-0.1, -0.05) is 0 Å². The highest BCUT2D eigenvalue weighted by Gasteiger charge is 1.76. The normalized spacial score (nSPS) is 4.50. The zero-order valence-corrected chi connectivity index (χ0v) is 5.10. The third kappa shape index (κ3) is 7250. The first-order valence-electron chi connectivity index (χ1n) is 0.600. The summed E-state index contributed by atoms with van der Waals surface area (Å²) in [5.41, 5.74) is 0. The number of hydrogen-bond acceptors (Lipinski definition) is 5. The van der Waals surface area contributed by atoms with E-state index in [-0.39, 0.29) is 23.3 Å². The summed E-state index contributed by atoms with van der Waals surface area (Å²) in [6.07, 6.45) is 0. The SMILES string of the molecule is N.N.O.O.OP(O)O. The van der Waals surface area contributed by atoms with Crippen LogP contribution < -0.4 is 12.3 Å². The van der Waals surface area contributed by atoms with Gasteiger partial charge in [-0.25, -0.2) is 0 Å². The predicted octanol–water partition coefficient (Wildman–Crippen LogP) is -2.14. The van der Waals surface area contributed by atoms with Gasteiger partial charge in [0.2, 0.25) is 0 Å². The van der Waals surface area contributed by atoms with Crippen molar-refractivity contribution in [2.24, 2.45) is 0 Å². The van der Waals surface area contributed by atoms with Gasteiger partial charge in [-0.15, -0.1) is 0 Å². The molecule has 0 rings (SSSR count). The van der Waals surface area contributed by atoms with Gasteiger partial charge in [0.05, 0.1) is 0 Å². The van der Waals surface area contributed by atoms with Crippen LogP contribution in [0.3, 0.4) is 0 Å². The lowest BCUT2D eigenvalue weighted by atomic mass is 14.0. The zero-order chi connectivity index (χ0) is 3.58. The Balaban J connectivity index is -0.00000000750. The van der Waals surface area contributed by atoms with E-state index in [1.165, 1.54) is 0 Å². The minimum Gasteiger partial charge on any atom is -0.412 e. The molecule has 0 aromatic carbocycles. The van der Waals surface area contributed by atoms with Gasteiger partial charge in [0, 0.05) is 0 Å². The maximum atomic E-state index is 7.23. The summed E-state index contributed by atoms with van der Waals surface area (Å²) < 4.78 is 0. The first kappa shape index (κ1) is 42.0. The van der Waals surface area contributed by atoms with Crippen molar-refractivity contribution in [3.8, 4) is 0 Å². The minimum absolute atomic E-state index is 0. The van der Waals surface area contributed by atoms with Crippen molar-refractivity contribution in [3.05, 3.63) is 0 Å². The van der Waals surface area contributed by atoms with Crippen LogP contribution in [0, 0.1) is 0 Å². The summed E-state index contributed by atoms with van der Waals surface area (Å²) in [6, 6.07) is 0. The van der Waals surface area contributed by atoms with Crippen molar-refractivity contribution >= 4 is 8.60 Å². The molecule has 0 amide bonds. The Morgan fingerprint density at radius 1 is 0.750 bits per heavy atom. The molecule has 0 spiro atoms. The first-order valence-corrected chi connectivity index (χ1v) is 1.80. The second-order valence-electron chi connectivity index (χ2n) is 0.268. The largest absolute Gasteiger partial charge is 0.412 e. The molecule has 8 heavy (non-hydrogen) atoms. The van der Waals surface area contributed by atoms with Crippen molar-refractivity contribution < 1.29 is 25.6 Å². The van der Waals surface area contributed by atoms with E-state index in [1.807, 2.05) is 0 Å². The summed E-state index contributed by atoms with van der Waals surface area (Å²) >= 11 is 0. The van der Waals surface area contributed by atoms with Gasteiger partial charge >= 0.3 is 8.60 Å². The molecule has 0 radical (unpaired) electrons. The average Bonchev–Trinajstić information content (AvgIpc) is 0.811. The molecule has 0 aliphatic heterocycles. The van der Waals surface area contributed by atoms with Crippen LogP contribution >= 0.6 is 8.60 Å². The van der Waals surface area contributed by atoms with Gasteiger partial charge in [0.1, 0.15) is 0 Å². The lowest BCUT2D eigenvalue weighted by Crippen LogP contribution is -1.54. The average molecular weight is 152 g/mol. The molecule has 13 N–H and O–H groups in total.